The number of fused-ring (bicyclic) bond motifs is 3. The van der Waals surface area contributed by atoms with E-state index in [0.717, 1.165) is 28.0 Å². The molecule has 5 heteroatoms. The van der Waals surface area contributed by atoms with Crippen LogP contribution in [0.1, 0.15) is 32.0 Å². The van der Waals surface area contributed by atoms with Crippen molar-refractivity contribution in [3.05, 3.63) is 64.8 Å². The smallest absolute Gasteiger partial charge is 0.410 e. The predicted molar refractivity (Wildman–Crippen MR) is 109 cm³/mol. The Morgan fingerprint density at radius 2 is 1.78 bits per heavy atom. The molecular formula is C22H23ClN2O2. The van der Waals surface area contributed by atoms with Gasteiger partial charge in [0.1, 0.15) is 5.60 Å². The number of hydrogen-bond acceptors (Lipinski definition) is 2. The van der Waals surface area contributed by atoms with Gasteiger partial charge in [-0.05, 0) is 39.0 Å². The van der Waals surface area contributed by atoms with Gasteiger partial charge in [-0.1, -0.05) is 41.9 Å². The van der Waals surface area contributed by atoms with E-state index < -0.39 is 5.60 Å². The van der Waals surface area contributed by atoms with Crippen molar-refractivity contribution < 1.29 is 9.53 Å². The van der Waals surface area contributed by atoms with E-state index in [1.54, 1.807) is 4.90 Å². The summed E-state index contributed by atoms with van der Waals surface area (Å²) in [5.41, 5.74) is 3.97. The van der Waals surface area contributed by atoms with Crippen molar-refractivity contribution in [3.63, 3.8) is 0 Å². The summed E-state index contributed by atoms with van der Waals surface area (Å²) < 4.78 is 7.81. The van der Waals surface area contributed by atoms with E-state index in [4.69, 9.17) is 16.3 Å². The van der Waals surface area contributed by atoms with Crippen LogP contribution < -0.4 is 0 Å². The minimum atomic E-state index is -0.497. The average molecular weight is 383 g/mol. The van der Waals surface area contributed by atoms with Gasteiger partial charge in [-0.2, -0.15) is 0 Å². The van der Waals surface area contributed by atoms with Gasteiger partial charge in [0, 0.05) is 29.6 Å². The average Bonchev–Trinajstić information content (AvgIpc) is 2.94. The Morgan fingerprint density at radius 3 is 2.52 bits per heavy atom. The number of benzene rings is 2. The zero-order chi connectivity index (χ0) is 19.2. The number of para-hydroxylation sites is 2. The third-order valence-corrected chi connectivity index (χ3v) is 5.12. The van der Waals surface area contributed by atoms with Crippen LogP contribution in [-0.4, -0.2) is 27.7 Å². The minimum absolute atomic E-state index is 0.261. The number of rotatable bonds is 1. The molecule has 0 spiro atoms. The highest BCUT2D eigenvalue weighted by molar-refractivity contribution is 6.32. The third-order valence-electron chi connectivity index (χ3n) is 4.80. The number of aromatic nitrogens is 1. The second-order valence-corrected chi connectivity index (χ2v) is 8.29. The molecule has 0 fully saturated rings. The van der Waals surface area contributed by atoms with Crippen LogP contribution in [0.15, 0.2) is 48.5 Å². The van der Waals surface area contributed by atoms with E-state index in [-0.39, 0.29) is 6.09 Å². The van der Waals surface area contributed by atoms with Gasteiger partial charge in [0.2, 0.25) is 0 Å². The maximum atomic E-state index is 12.6. The topological polar surface area (TPSA) is 34.5 Å². The fourth-order valence-corrected chi connectivity index (χ4v) is 3.92. The predicted octanol–water partition coefficient (Wildman–Crippen LogP) is 5.58. The number of nitrogens with zero attached hydrogens (tertiary/aromatic N) is 2. The highest BCUT2D eigenvalue weighted by Gasteiger charge is 2.30. The zero-order valence-corrected chi connectivity index (χ0v) is 16.6. The Bertz CT molecular complexity index is 1020. The van der Waals surface area contributed by atoms with Gasteiger partial charge in [0.05, 0.1) is 22.8 Å². The van der Waals surface area contributed by atoms with Crippen molar-refractivity contribution in [2.75, 3.05) is 6.54 Å². The molecule has 2 heterocycles. The van der Waals surface area contributed by atoms with Crippen LogP contribution in [0.3, 0.4) is 0 Å². The van der Waals surface area contributed by atoms with E-state index >= 15 is 0 Å². The van der Waals surface area contributed by atoms with E-state index in [2.05, 4.69) is 16.7 Å². The largest absolute Gasteiger partial charge is 0.444 e. The number of halogens is 1. The summed E-state index contributed by atoms with van der Waals surface area (Å²) in [6.07, 6.45) is 0.497. The van der Waals surface area contributed by atoms with Crippen LogP contribution in [-0.2, 0) is 17.7 Å². The Balaban J connectivity index is 1.80. The maximum absolute atomic E-state index is 12.6. The number of hydrogen-bond donors (Lipinski definition) is 0. The second kappa shape index (κ2) is 6.61. The highest BCUT2D eigenvalue weighted by atomic mass is 35.5. The SMILES string of the molecule is CC(C)(C)OC(=O)N1CCc2c(c3ccccc3n2-c2ccccc2Cl)C1. The number of carbonyl (C=O) groups is 1. The summed E-state index contributed by atoms with van der Waals surface area (Å²) in [4.78, 5) is 14.4. The molecule has 1 aliphatic rings. The summed E-state index contributed by atoms with van der Waals surface area (Å²) in [7, 11) is 0. The first-order chi connectivity index (χ1) is 12.8. The lowest BCUT2D eigenvalue weighted by Gasteiger charge is -2.30. The number of ether oxygens (including phenoxy) is 1. The number of carbonyl (C=O) groups excluding carboxylic acids is 1. The van der Waals surface area contributed by atoms with E-state index in [1.165, 1.54) is 11.3 Å². The molecule has 0 N–H and O–H groups in total. The van der Waals surface area contributed by atoms with Gasteiger partial charge in [0.25, 0.3) is 0 Å². The van der Waals surface area contributed by atoms with Crippen molar-refractivity contribution in [1.82, 2.24) is 9.47 Å². The molecule has 1 aromatic heterocycles. The van der Waals surface area contributed by atoms with Gasteiger partial charge in [-0.15, -0.1) is 0 Å². The highest BCUT2D eigenvalue weighted by Crippen LogP contribution is 2.35. The van der Waals surface area contributed by atoms with Crippen LogP contribution in [0.2, 0.25) is 5.02 Å². The molecule has 4 nitrogen and oxygen atoms in total. The fourth-order valence-electron chi connectivity index (χ4n) is 3.70. The molecule has 0 bridgehead atoms. The van der Waals surface area contributed by atoms with Crippen LogP contribution in [0, 0.1) is 0 Å². The molecule has 0 aliphatic carbocycles. The second-order valence-electron chi connectivity index (χ2n) is 7.88. The number of amides is 1. The van der Waals surface area contributed by atoms with Crippen molar-refractivity contribution in [1.29, 1.82) is 0 Å². The Kier molecular flexibility index (Phi) is 4.39. The first-order valence-corrected chi connectivity index (χ1v) is 9.57. The maximum Gasteiger partial charge on any atom is 0.410 e. The molecule has 2 aromatic carbocycles. The van der Waals surface area contributed by atoms with Gasteiger partial charge < -0.3 is 14.2 Å². The summed E-state index contributed by atoms with van der Waals surface area (Å²) in [5.74, 6) is 0. The Labute approximate surface area is 164 Å². The summed E-state index contributed by atoms with van der Waals surface area (Å²) in [6.45, 7) is 6.85. The lowest BCUT2D eigenvalue weighted by atomic mass is 10.0. The zero-order valence-electron chi connectivity index (χ0n) is 15.8. The van der Waals surface area contributed by atoms with Gasteiger partial charge >= 0.3 is 6.09 Å². The van der Waals surface area contributed by atoms with Gasteiger partial charge in [-0.25, -0.2) is 4.79 Å². The van der Waals surface area contributed by atoms with Crippen molar-refractivity contribution in [2.45, 2.75) is 39.3 Å². The molecule has 3 aromatic rings. The van der Waals surface area contributed by atoms with Crippen LogP contribution >= 0.6 is 11.6 Å². The molecule has 1 aliphatic heterocycles. The molecule has 0 saturated heterocycles. The van der Waals surface area contributed by atoms with E-state index in [0.29, 0.717) is 13.1 Å². The first-order valence-electron chi connectivity index (χ1n) is 9.19. The molecule has 27 heavy (non-hydrogen) atoms. The lowest BCUT2D eigenvalue weighted by Crippen LogP contribution is -2.40. The molecule has 0 atom stereocenters. The monoisotopic (exact) mass is 382 g/mol. The standard InChI is InChI=1S/C22H23ClN2O2/c1-22(2,3)27-21(26)24-13-12-19-16(14-24)15-8-4-6-10-18(15)25(19)20-11-7-5-9-17(20)23/h4-11H,12-14H2,1-3H3. The summed E-state index contributed by atoms with van der Waals surface area (Å²) in [6, 6.07) is 16.2. The molecule has 4 rings (SSSR count). The van der Waals surface area contributed by atoms with Gasteiger partial charge in [0.15, 0.2) is 0 Å². The molecule has 0 saturated carbocycles. The van der Waals surface area contributed by atoms with Crippen molar-refractivity contribution in [3.8, 4) is 5.69 Å². The molecule has 140 valence electrons. The molecular weight excluding hydrogens is 360 g/mol. The lowest BCUT2D eigenvalue weighted by molar-refractivity contribution is 0.0224. The normalized spacial score (nSPS) is 14.3. The summed E-state index contributed by atoms with van der Waals surface area (Å²) >= 11 is 6.50. The summed E-state index contributed by atoms with van der Waals surface area (Å²) in [5, 5.41) is 1.87. The first kappa shape index (κ1) is 17.9. The van der Waals surface area contributed by atoms with E-state index in [9.17, 15) is 4.79 Å². The van der Waals surface area contributed by atoms with Crippen LogP contribution in [0.4, 0.5) is 4.79 Å². The quantitative estimate of drug-likeness (QED) is 0.550. The Morgan fingerprint density at radius 1 is 1.07 bits per heavy atom. The molecule has 1 amide bonds. The van der Waals surface area contributed by atoms with E-state index in [1.807, 2.05) is 57.2 Å². The van der Waals surface area contributed by atoms with Gasteiger partial charge in [-0.3, -0.25) is 0 Å². The van der Waals surface area contributed by atoms with Crippen molar-refractivity contribution in [2.24, 2.45) is 0 Å². The van der Waals surface area contributed by atoms with Crippen LogP contribution in [0.5, 0.6) is 0 Å². The molecule has 0 unspecified atom stereocenters. The molecule has 0 radical (unpaired) electrons. The fraction of sp³-hybridized carbons (Fsp3) is 0.318. The van der Waals surface area contributed by atoms with Crippen molar-refractivity contribution >= 4 is 28.6 Å². The van der Waals surface area contributed by atoms with Crippen LogP contribution in [0.25, 0.3) is 16.6 Å². The third kappa shape index (κ3) is 3.30. The minimum Gasteiger partial charge on any atom is -0.444 e. The Hall–Kier alpha value is -2.46.